The average molecular weight is 189 g/mol. The zero-order valence-electron chi connectivity index (χ0n) is 5.69. The Labute approximate surface area is 73.9 Å². The van der Waals surface area contributed by atoms with Crippen LogP contribution in [0.15, 0.2) is 0 Å². The van der Waals surface area contributed by atoms with Crippen LogP contribution in [0.3, 0.4) is 0 Å². The molecule has 2 rings (SSSR count). The summed E-state index contributed by atoms with van der Waals surface area (Å²) in [6.45, 7) is 0.566. The molecule has 0 spiro atoms. The predicted molar refractivity (Wildman–Crippen MR) is 45.5 cm³/mol. The van der Waals surface area contributed by atoms with E-state index in [9.17, 15) is 9.59 Å². The van der Waals surface area contributed by atoms with Crippen molar-refractivity contribution in [3.63, 3.8) is 0 Å². The molecule has 0 saturated carbocycles. The lowest BCUT2D eigenvalue weighted by Gasteiger charge is -2.32. The molecule has 60 valence electrons. The first-order valence-electron chi connectivity index (χ1n) is 3.36. The topological polar surface area (TPSA) is 37.4 Å². The molecule has 2 aliphatic heterocycles. The summed E-state index contributed by atoms with van der Waals surface area (Å²) in [5.41, 5.74) is 0. The zero-order valence-corrected chi connectivity index (χ0v) is 7.40. The fraction of sp³-hybridized carbons (Fsp3) is 0.667. The van der Waals surface area contributed by atoms with E-state index in [4.69, 9.17) is 0 Å². The van der Waals surface area contributed by atoms with Crippen LogP contribution in [0, 0.1) is 0 Å². The van der Waals surface area contributed by atoms with Crippen LogP contribution in [0.4, 0.5) is 0 Å². The Balaban J connectivity index is 2.04. The van der Waals surface area contributed by atoms with Gasteiger partial charge in [-0.3, -0.25) is 9.59 Å². The lowest BCUT2D eigenvalue weighted by Crippen LogP contribution is -2.47. The highest BCUT2D eigenvalue weighted by Crippen LogP contribution is 2.40. The minimum absolute atomic E-state index is 0.0882. The summed E-state index contributed by atoms with van der Waals surface area (Å²) in [7, 11) is 0. The summed E-state index contributed by atoms with van der Waals surface area (Å²) in [6.07, 6.45) is 0.599. The van der Waals surface area contributed by atoms with E-state index in [2.05, 4.69) is 12.6 Å². The lowest BCUT2D eigenvalue weighted by atomic mass is 10.2. The van der Waals surface area contributed by atoms with Gasteiger partial charge < -0.3 is 4.90 Å². The Kier molecular flexibility index (Phi) is 1.64. The van der Waals surface area contributed by atoms with Crippen LogP contribution in [-0.4, -0.2) is 33.1 Å². The SMILES string of the molecule is O=C(S)C1CN2C(=O)C[C@H]2S1. The molecule has 0 radical (unpaired) electrons. The Morgan fingerprint density at radius 2 is 2.45 bits per heavy atom. The Bertz CT molecular complexity index is 231. The monoisotopic (exact) mass is 189 g/mol. The summed E-state index contributed by atoms with van der Waals surface area (Å²) < 4.78 is 0. The van der Waals surface area contributed by atoms with Gasteiger partial charge in [-0.05, 0) is 0 Å². The second kappa shape index (κ2) is 2.42. The number of nitrogens with zero attached hydrogens (tertiary/aromatic N) is 1. The standard InChI is InChI=1S/C6H7NO2S2/c8-4-1-5-7(4)2-3(11-5)6(9)10/h3,5H,1-2H2,(H,9,10)/t3?,5-/m1/s1. The lowest BCUT2D eigenvalue weighted by molar-refractivity contribution is -0.140. The molecule has 1 unspecified atom stereocenters. The van der Waals surface area contributed by atoms with Crippen molar-refractivity contribution in [2.45, 2.75) is 17.0 Å². The molecular weight excluding hydrogens is 182 g/mol. The van der Waals surface area contributed by atoms with Crippen LogP contribution in [0.25, 0.3) is 0 Å². The van der Waals surface area contributed by atoms with Crippen molar-refractivity contribution in [3.05, 3.63) is 0 Å². The third-order valence-electron chi connectivity index (χ3n) is 1.98. The van der Waals surface area contributed by atoms with Gasteiger partial charge in [-0.1, -0.05) is 0 Å². The molecule has 0 aromatic carbocycles. The maximum atomic E-state index is 10.9. The molecule has 2 atom stereocenters. The van der Waals surface area contributed by atoms with Crippen LogP contribution < -0.4 is 0 Å². The molecule has 11 heavy (non-hydrogen) atoms. The number of thiol groups is 1. The van der Waals surface area contributed by atoms with Gasteiger partial charge in [0.1, 0.15) is 0 Å². The van der Waals surface area contributed by atoms with E-state index in [1.54, 1.807) is 16.7 Å². The number of carbonyl (C=O) groups excluding carboxylic acids is 2. The van der Waals surface area contributed by atoms with E-state index in [1.165, 1.54) is 0 Å². The van der Waals surface area contributed by atoms with Crippen molar-refractivity contribution in [3.8, 4) is 0 Å². The number of β-lactam (4-membered cyclic amide) rings is 1. The molecule has 0 N–H and O–H groups in total. The maximum absolute atomic E-state index is 10.9. The summed E-state index contributed by atoms with van der Waals surface area (Å²) in [6, 6.07) is 0. The fourth-order valence-corrected chi connectivity index (χ4v) is 2.91. The minimum atomic E-state index is -0.114. The number of fused-ring (bicyclic) bond motifs is 1. The third-order valence-corrected chi connectivity index (χ3v) is 3.89. The van der Waals surface area contributed by atoms with Crippen molar-refractivity contribution in [1.29, 1.82) is 0 Å². The van der Waals surface area contributed by atoms with Crippen molar-refractivity contribution < 1.29 is 9.59 Å². The summed E-state index contributed by atoms with van der Waals surface area (Å²) >= 11 is 5.29. The maximum Gasteiger partial charge on any atom is 0.226 e. The van der Waals surface area contributed by atoms with Crippen LogP contribution in [0.2, 0.25) is 0 Å². The van der Waals surface area contributed by atoms with Crippen LogP contribution in [0.1, 0.15) is 6.42 Å². The van der Waals surface area contributed by atoms with Crippen molar-refractivity contribution >= 4 is 35.4 Å². The van der Waals surface area contributed by atoms with Gasteiger partial charge in [0.2, 0.25) is 11.0 Å². The first-order chi connectivity index (χ1) is 5.18. The van der Waals surface area contributed by atoms with Gasteiger partial charge in [0.05, 0.1) is 17.0 Å². The largest absolute Gasteiger partial charge is 0.328 e. The van der Waals surface area contributed by atoms with Gasteiger partial charge in [-0.15, -0.1) is 24.4 Å². The summed E-state index contributed by atoms with van der Waals surface area (Å²) in [5, 5.41) is 0.0654. The number of thioether (sulfide) groups is 1. The molecule has 0 aliphatic carbocycles. The van der Waals surface area contributed by atoms with Gasteiger partial charge in [-0.2, -0.15) is 0 Å². The van der Waals surface area contributed by atoms with Crippen LogP contribution in [-0.2, 0) is 9.59 Å². The summed E-state index contributed by atoms with van der Waals surface area (Å²) in [5.74, 6) is 0.166. The molecule has 0 aromatic heterocycles. The summed E-state index contributed by atoms with van der Waals surface area (Å²) in [4.78, 5) is 23.4. The third kappa shape index (κ3) is 1.06. The molecule has 0 aromatic rings. The van der Waals surface area contributed by atoms with Crippen molar-refractivity contribution in [2.75, 3.05) is 6.54 Å². The Morgan fingerprint density at radius 1 is 1.73 bits per heavy atom. The van der Waals surface area contributed by atoms with Crippen molar-refractivity contribution in [1.82, 2.24) is 4.90 Å². The Hall–Kier alpha value is -0.160. The molecule has 2 saturated heterocycles. The number of carbonyl (C=O) groups is 2. The molecule has 2 aliphatic rings. The van der Waals surface area contributed by atoms with Crippen LogP contribution >= 0.6 is 24.4 Å². The number of hydrogen-bond donors (Lipinski definition) is 1. The molecule has 0 bridgehead atoms. The molecule has 1 amide bonds. The van der Waals surface area contributed by atoms with Gasteiger partial charge in [0, 0.05) is 6.54 Å². The minimum Gasteiger partial charge on any atom is -0.328 e. The van der Waals surface area contributed by atoms with Gasteiger partial charge in [0.25, 0.3) is 0 Å². The van der Waals surface area contributed by atoms with E-state index in [0.717, 1.165) is 0 Å². The highest BCUT2D eigenvalue weighted by molar-refractivity contribution is 8.06. The van der Waals surface area contributed by atoms with Gasteiger partial charge in [-0.25, -0.2) is 0 Å². The average Bonchev–Trinajstić information content (AvgIpc) is 2.26. The van der Waals surface area contributed by atoms with Gasteiger partial charge in [0.15, 0.2) is 0 Å². The quantitative estimate of drug-likeness (QED) is 0.470. The molecule has 2 fully saturated rings. The molecular formula is C6H7NO2S2. The number of amides is 1. The van der Waals surface area contributed by atoms with Crippen LogP contribution in [0.5, 0.6) is 0 Å². The van der Waals surface area contributed by atoms with E-state index < -0.39 is 0 Å². The van der Waals surface area contributed by atoms with E-state index in [1.807, 2.05) is 0 Å². The molecule has 2 heterocycles. The van der Waals surface area contributed by atoms with E-state index in [0.29, 0.717) is 13.0 Å². The van der Waals surface area contributed by atoms with E-state index in [-0.39, 0.29) is 21.6 Å². The predicted octanol–water partition coefficient (Wildman–Crippen LogP) is 0.117. The normalized spacial score (nSPS) is 35.0. The zero-order chi connectivity index (χ0) is 8.01. The second-order valence-electron chi connectivity index (χ2n) is 2.67. The van der Waals surface area contributed by atoms with Crippen molar-refractivity contribution in [2.24, 2.45) is 0 Å². The Morgan fingerprint density at radius 3 is 2.91 bits per heavy atom. The van der Waals surface area contributed by atoms with Gasteiger partial charge >= 0.3 is 0 Å². The smallest absolute Gasteiger partial charge is 0.226 e. The highest BCUT2D eigenvalue weighted by Gasteiger charge is 2.46. The number of rotatable bonds is 1. The molecule has 5 heteroatoms. The molecule has 3 nitrogen and oxygen atoms in total. The number of hydrogen-bond acceptors (Lipinski definition) is 3. The fourth-order valence-electron chi connectivity index (χ4n) is 1.31. The first kappa shape index (κ1) is 7.49. The highest BCUT2D eigenvalue weighted by atomic mass is 32.2. The second-order valence-corrected chi connectivity index (χ2v) is 4.49. The first-order valence-corrected chi connectivity index (χ1v) is 4.75. The van der Waals surface area contributed by atoms with E-state index >= 15 is 0 Å².